The monoisotopic (exact) mass is 432 g/mol. The van der Waals surface area contributed by atoms with Crippen LogP contribution in [0.1, 0.15) is 24.0 Å². The third-order valence-electron chi connectivity index (χ3n) is 5.69. The number of phenols is 1. The Bertz CT molecular complexity index is 987. The van der Waals surface area contributed by atoms with Crippen molar-refractivity contribution >= 4 is 17.5 Å². The van der Waals surface area contributed by atoms with E-state index in [1.165, 1.54) is 0 Å². The number of hydrogen-bond donors (Lipinski definition) is 3. The summed E-state index contributed by atoms with van der Waals surface area (Å²) in [6.45, 7) is 2.82. The molecule has 32 heavy (non-hydrogen) atoms. The van der Waals surface area contributed by atoms with Crippen LogP contribution in [0.3, 0.4) is 0 Å². The van der Waals surface area contributed by atoms with Crippen LogP contribution in [0.4, 0.5) is 11.6 Å². The standard InChI is InChI=1S/C24H28N6O2/c31-21-5-3-18(4-6-21)9-13-26-24(32)20-10-14-30(15-11-20)23-8-7-22(28-29-23)27-17-19-2-1-12-25-16-19/h1-8,12,16,20,31H,9-11,13-15,17H2,(H,26,32)(H,27,28). The molecule has 4 rings (SSSR count). The topological polar surface area (TPSA) is 103 Å². The second-order valence-electron chi connectivity index (χ2n) is 7.96. The highest BCUT2D eigenvalue weighted by Gasteiger charge is 2.25. The van der Waals surface area contributed by atoms with E-state index < -0.39 is 0 Å². The molecule has 1 aliphatic heterocycles. The second-order valence-corrected chi connectivity index (χ2v) is 7.96. The van der Waals surface area contributed by atoms with E-state index in [1.807, 2.05) is 42.6 Å². The molecule has 1 saturated heterocycles. The lowest BCUT2D eigenvalue weighted by molar-refractivity contribution is -0.125. The predicted octanol–water partition coefficient (Wildman–Crippen LogP) is 2.76. The molecule has 8 heteroatoms. The maximum Gasteiger partial charge on any atom is 0.223 e. The number of pyridine rings is 1. The lowest BCUT2D eigenvalue weighted by Gasteiger charge is -2.31. The van der Waals surface area contributed by atoms with Crippen LogP contribution in [0.15, 0.2) is 60.9 Å². The van der Waals surface area contributed by atoms with Crippen molar-refractivity contribution in [2.75, 3.05) is 29.9 Å². The van der Waals surface area contributed by atoms with Crippen molar-refractivity contribution < 1.29 is 9.90 Å². The van der Waals surface area contributed by atoms with Gasteiger partial charge in [-0.15, -0.1) is 10.2 Å². The third-order valence-corrected chi connectivity index (χ3v) is 5.69. The molecule has 2 aromatic heterocycles. The Labute approximate surface area is 187 Å². The van der Waals surface area contributed by atoms with Crippen molar-refractivity contribution in [2.24, 2.45) is 5.92 Å². The molecule has 8 nitrogen and oxygen atoms in total. The molecule has 3 N–H and O–H groups in total. The molecule has 0 saturated carbocycles. The number of nitrogens with zero attached hydrogens (tertiary/aromatic N) is 4. The van der Waals surface area contributed by atoms with Crippen molar-refractivity contribution in [3.05, 3.63) is 72.1 Å². The van der Waals surface area contributed by atoms with Crippen LogP contribution in [0.5, 0.6) is 5.75 Å². The summed E-state index contributed by atoms with van der Waals surface area (Å²) in [6, 6.07) is 14.9. The third kappa shape index (κ3) is 5.94. The number of aromatic hydroxyl groups is 1. The molecule has 1 aliphatic rings. The fourth-order valence-corrected chi connectivity index (χ4v) is 3.79. The number of rotatable bonds is 8. The number of aromatic nitrogens is 3. The Kier molecular flexibility index (Phi) is 7.12. The first kappa shape index (κ1) is 21.5. The van der Waals surface area contributed by atoms with Crippen LogP contribution < -0.4 is 15.5 Å². The average Bonchev–Trinajstić information content (AvgIpc) is 2.85. The Morgan fingerprint density at radius 1 is 1.03 bits per heavy atom. The molecule has 0 atom stereocenters. The first-order valence-corrected chi connectivity index (χ1v) is 10.9. The highest BCUT2D eigenvalue weighted by atomic mass is 16.3. The molecule has 3 heterocycles. The molecule has 3 aromatic rings. The fourth-order valence-electron chi connectivity index (χ4n) is 3.79. The Morgan fingerprint density at radius 2 is 1.84 bits per heavy atom. The van der Waals surface area contributed by atoms with Gasteiger partial charge >= 0.3 is 0 Å². The largest absolute Gasteiger partial charge is 0.508 e. The van der Waals surface area contributed by atoms with E-state index in [0.717, 1.165) is 55.1 Å². The number of nitrogens with one attached hydrogen (secondary N) is 2. The summed E-state index contributed by atoms with van der Waals surface area (Å²) >= 11 is 0. The van der Waals surface area contributed by atoms with E-state index in [4.69, 9.17) is 0 Å². The molecule has 0 spiro atoms. The normalized spacial score (nSPS) is 14.2. The van der Waals surface area contributed by atoms with Crippen molar-refractivity contribution in [1.29, 1.82) is 0 Å². The number of hydrogen-bond acceptors (Lipinski definition) is 7. The van der Waals surface area contributed by atoms with Gasteiger partial charge in [-0.1, -0.05) is 18.2 Å². The van der Waals surface area contributed by atoms with Crippen LogP contribution in [-0.4, -0.2) is 45.8 Å². The first-order chi connectivity index (χ1) is 15.7. The zero-order valence-corrected chi connectivity index (χ0v) is 17.9. The van der Waals surface area contributed by atoms with Gasteiger partial charge in [0.15, 0.2) is 5.82 Å². The summed E-state index contributed by atoms with van der Waals surface area (Å²) in [5.41, 5.74) is 2.18. The van der Waals surface area contributed by atoms with Gasteiger partial charge in [0.2, 0.25) is 5.91 Å². The van der Waals surface area contributed by atoms with E-state index in [2.05, 4.69) is 30.7 Å². The van der Waals surface area contributed by atoms with Gasteiger partial charge in [-0.05, 0) is 60.7 Å². The van der Waals surface area contributed by atoms with Gasteiger partial charge in [-0.25, -0.2) is 0 Å². The fraction of sp³-hybridized carbons (Fsp3) is 0.333. The molecule has 0 unspecified atom stereocenters. The van der Waals surface area contributed by atoms with Crippen molar-refractivity contribution in [1.82, 2.24) is 20.5 Å². The summed E-state index contributed by atoms with van der Waals surface area (Å²) in [5, 5.41) is 24.3. The molecular weight excluding hydrogens is 404 g/mol. The van der Waals surface area contributed by atoms with E-state index in [1.54, 1.807) is 18.3 Å². The smallest absolute Gasteiger partial charge is 0.223 e. The predicted molar refractivity (Wildman–Crippen MR) is 123 cm³/mol. The number of anilines is 2. The first-order valence-electron chi connectivity index (χ1n) is 10.9. The van der Waals surface area contributed by atoms with E-state index >= 15 is 0 Å². The van der Waals surface area contributed by atoms with Gasteiger partial charge in [0.05, 0.1) is 0 Å². The molecule has 1 aromatic carbocycles. The Hall–Kier alpha value is -3.68. The summed E-state index contributed by atoms with van der Waals surface area (Å²) in [6.07, 6.45) is 5.92. The molecule has 1 fully saturated rings. The lowest BCUT2D eigenvalue weighted by atomic mass is 9.96. The average molecular weight is 433 g/mol. The van der Waals surface area contributed by atoms with Gasteiger partial charge in [-0.2, -0.15) is 0 Å². The van der Waals surface area contributed by atoms with E-state index in [9.17, 15) is 9.90 Å². The van der Waals surface area contributed by atoms with Crippen LogP contribution in [-0.2, 0) is 17.8 Å². The van der Waals surface area contributed by atoms with Gasteiger partial charge < -0.3 is 20.6 Å². The molecule has 0 aliphatic carbocycles. The lowest BCUT2D eigenvalue weighted by Crippen LogP contribution is -2.41. The summed E-state index contributed by atoms with van der Waals surface area (Å²) in [4.78, 5) is 18.8. The van der Waals surface area contributed by atoms with Crippen molar-refractivity contribution in [3.63, 3.8) is 0 Å². The highest BCUT2D eigenvalue weighted by Crippen LogP contribution is 2.22. The maximum absolute atomic E-state index is 12.5. The SMILES string of the molecule is O=C(NCCc1ccc(O)cc1)C1CCN(c2ccc(NCc3cccnc3)nn2)CC1. The van der Waals surface area contributed by atoms with Crippen molar-refractivity contribution in [2.45, 2.75) is 25.8 Å². The Balaban J connectivity index is 1.19. The number of carbonyl (C=O) groups excluding carboxylic acids is 1. The van der Waals surface area contributed by atoms with Gasteiger partial charge in [0.1, 0.15) is 11.6 Å². The summed E-state index contributed by atoms with van der Waals surface area (Å²) < 4.78 is 0. The van der Waals surface area contributed by atoms with Gasteiger partial charge in [0.25, 0.3) is 0 Å². The highest BCUT2D eigenvalue weighted by molar-refractivity contribution is 5.79. The van der Waals surface area contributed by atoms with Crippen LogP contribution >= 0.6 is 0 Å². The minimum absolute atomic E-state index is 0.0273. The number of benzene rings is 1. The van der Waals surface area contributed by atoms with E-state index in [-0.39, 0.29) is 17.6 Å². The van der Waals surface area contributed by atoms with Crippen LogP contribution in [0.2, 0.25) is 0 Å². The maximum atomic E-state index is 12.5. The number of phenolic OH excluding ortho intramolecular Hbond substituents is 1. The minimum atomic E-state index is 0.0273. The molecule has 0 radical (unpaired) electrons. The quantitative estimate of drug-likeness (QED) is 0.503. The number of piperidine rings is 1. The van der Waals surface area contributed by atoms with Gasteiger partial charge in [-0.3, -0.25) is 9.78 Å². The number of amides is 1. The molecule has 166 valence electrons. The zero-order valence-electron chi connectivity index (χ0n) is 17.9. The zero-order chi connectivity index (χ0) is 22.2. The number of carbonyl (C=O) groups is 1. The molecule has 0 bridgehead atoms. The van der Waals surface area contributed by atoms with Crippen LogP contribution in [0, 0.1) is 5.92 Å². The minimum Gasteiger partial charge on any atom is -0.508 e. The van der Waals surface area contributed by atoms with E-state index in [0.29, 0.717) is 13.1 Å². The van der Waals surface area contributed by atoms with Crippen molar-refractivity contribution in [3.8, 4) is 5.75 Å². The molecular formula is C24H28N6O2. The summed E-state index contributed by atoms with van der Waals surface area (Å²) in [5.74, 6) is 1.96. The van der Waals surface area contributed by atoms with Crippen LogP contribution in [0.25, 0.3) is 0 Å². The second kappa shape index (κ2) is 10.6. The van der Waals surface area contributed by atoms with Gasteiger partial charge in [0, 0.05) is 44.5 Å². The Morgan fingerprint density at radius 3 is 2.53 bits per heavy atom. The summed E-state index contributed by atoms with van der Waals surface area (Å²) in [7, 11) is 0. The molecule has 1 amide bonds.